The van der Waals surface area contributed by atoms with E-state index in [0.29, 0.717) is 0 Å². The van der Waals surface area contributed by atoms with Gasteiger partial charge >= 0.3 is 5.97 Å². The van der Waals surface area contributed by atoms with Gasteiger partial charge in [0, 0.05) is 6.54 Å². The molecule has 0 unspecified atom stereocenters. The highest BCUT2D eigenvalue weighted by Gasteiger charge is 2.47. The molecule has 2 heterocycles. The molecule has 0 spiro atoms. The van der Waals surface area contributed by atoms with E-state index >= 15 is 0 Å². The van der Waals surface area contributed by atoms with Crippen molar-refractivity contribution in [3.05, 3.63) is 29.3 Å². The third-order valence-corrected chi connectivity index (χ3v) is 6.18. The van der Waals surface area contributed by atoms with E-state index < -0.39 is 5.97 Å². The van der Waals surface area contributed by atoms with E-state index in [9.17, 15) is 14.4 Å². The van der Waals surface area contributed by atoms with E-state index in [1.165, 1.54) is 16.2 Å². The Morgan fingerprint density at radius 1 is 1.15 bits per heavy atom. The number of carbonyl (C=O) groups is 3. The molecule has 0 bridgehead atoms. The van der Waals surface area contributed by atoms with Crippen molar-refractivity contribution < 1.29 is 19.1 Å². The molecule has 26 heavy (non-hydrogen) atoms. The van der Waals surface area contributed by atoms with Crippen LogP contribution in [0.3, 0.4) is 0 Å². The lowest BCUT2D eigenvalue weighted by Crippen LogP contribution is -2.33. The van der Waals surface area contributed by atoms with Crippen molar-refractivity contribution in [2.45, 2.75) is 38.7 Å². The fourth-order valence-corrected chi connectivity index (χ4v) is 4.73. The van der Waals surface area contributed by atoms with E-state index in [2.05, 4.69) is 4.98 Å². The van der Waals surface area contributed by atoms with Gasteiger partial charge in [-0.3, -0.25) is 19.3 Å². The molecule has 6 nitrogen and oxygen atoms in total. The quantitative estimate of drug-likeness (QED) is 0.596. The minimum absolute atomic E-state index is 0.0296. The zero-order chi connectivity index (χ0) is 18.1. The van der Waals surface area contributed by atoms with Crippen molar-refractivity contribution in [3.63, 3.8) is 0 Å². The average molecular weight is 372 g/mol. The standard InChI is InChI=1S/C19H20N2O4S/c22-17(25-11-16-20-14-7-3-4-8-15(14)26-16)9-10-21-18(23)12-5-1-2-6-13(12)19(21)24/h3-4,7-8,12-13H,1-2,5-6,9-11H2/t12-,13+. The number of carbonyl (C=O) groups excluding carboxylic acids is 3. The highest BCUT2D eigenvalue weighted by atomic mass is 32.1. The van der Waals surface area contributed by atoms with Crippen molar-refractivity contribution in [1.29, 1.82) is 0 Å². The first-order valence-electron chi connectivity index (χ1n) is 8.99. The lowest BCUT2D eigenvalue weighted by molar-refractivity contribution is -0.146. The first-order chi connectivity index (χ1) is 12.6. The number of rotatable bonds is 5. The molecule has 1 aromatic heterocycles. The van der Waals surface area contributed by atoms with Crippen molar-refractivity contribution >= 4 is 39.3 Å². The second-order valence-electron chi connectivity index (χ2n) is 6.81. The summed E-state index contributed by atoms with van der Waals surface area (Å²) in [5.41, 5.74) is 0.888. The largest absolute Gasteiger partial charge is 0.458 e. The van der Waals surface area contributed by atoms with Gasteiger partial charge in [-0.1, -0.05) is 25.0 Å². The maximum Gasteiger partial charge on any atom is 0.308 e. The van der Waals surface area contributed by atoms with Gasteiger partial charge in [-0.15, -0.1) is 11.3 Å². The Balaban J connectivity index is 1.30. The Labute approximate surface area is 155 Å². The summed E-state index contributed by atoms with van der Waals surface area (Å²) in [6, 6.07) is 7.75. The summed E-state index contributed by atoms with van der Waals surface area (Å²) < 4.78 is 6.32. The van der Waals surface area contributed by atoms with Crippen LogP contribution >= 0.6 is 11.3 Å². The van der Waals surface area contributed by atoms with Crippen LogP contribution < -0.4 is 0 Å². The zero-order valence-corrected chi connectivity index (χ0v) is 15.2. The van der Waals surface area contributed by atoms with Crippen molar-refractivity contribution in [1.82, 2.24) is 9.88 Å². The van der Waals surface area contributed by atoms with Gasteiger partial charge in [0.2, 0.25) is 11.8 Å². The van der Waals surface area contributed by atoms with Gasteiger partial charge in [-0.05, 0) is 25.0 Å². The van der Waals surface area contributed by atoms with Gasteiger partial charge in [-0.2, -0.15) is 0 Å². The van der Waals surface area contributed by atoms with Crippen LogP contribution in [-0.2, 0) is 25.7 Å². The van der Waals surface area contributed by atoms with E-state index in [-0.39, 0.29) is 43.2 Å². The summed E-state index contributed by atoms with van der Waals surface area (Å²) in [6.45, 7) is 0.231. The maximum absolute atomic E-state index is 12.4. The molecule has 2 fully saturated rings. The Bertz CT molecular complexity index is 805. The molecular formula is C19H20N2O4S. The molecule has 1 saturated heterocycles. The van der Waals surface area contributed by atoms with E-state index in [4.69, 9.17) is 4.74 Å². The molecule has 1 aliphatic carbocycles. The second-order valence-corrected chi connectivity index (χ2v) is 7.93. The highest BCUT2D eigenvalue weighted by Crippen LogP contribution is 2.38. The van der Waals surface area contributed by atoms with Gasteiger partial charge in [0.1, 0.15) is 11.6 Å². The van der Waals surface area contributed by atoms with Crippen LogP contribution in [0.2, 0.25) is 0 Å². The van der Waals surface area contributed by atoms with Crippen LogP contribution in [0.5, 0.6) is 0 Å². The molecule has 0 N–H and O–H groups in total. The van der Waals surface area contributed by atoms with E-state index in [1.54, 1.807) is 0 Å². The molecule has 2 amide bonds. The summed E-state index contributed by atoms with van der Waals surface area (Å²) in [7, 11) is 0. The van der Waals surface area contributed by atoms with Crippen LogP contribution in [-0.4, -0.2) is 34.2 Å². The number of likely N-dealkylation sites (tertiary alicyclic amines) is 1. The molecule has 1 saturated carbocycles. The molecule has 2 aromatic rings. The highest BCUT2D eigenvalue weighted by molar-refractivity contribution is 7.18. The lowest BCUT2D eigenvalue weighted by Gasteiger charge is -2.19. The fraction of sp³-hybridized carbons (Fsp3) is 0.474. The number of thiazole rings is 1. The third kappa shape index (κ3) is 3.23. The topological polar surface area (TPSA) is 76.6 Å². The van der Waals surface area contributed by atoms with E-state index in [1.807, 2.05) is 24.3 Å². The zero-order valence-electron chi connectivity index (χ0n) is 14.3. The number of benzene rings is 1. The molecule has 1 aromatic carbocycles. The molecule has 0 radical (unpaired) electrons. The van der Waals surface area contributed by atoms with E-state index in [0.717, 1.165) is 40.9 Å². The Morgan fingerprint density at radius 3 is 2.54 bits per heavy atom. The molecule has 4 rings (SSSR count). The molecule has 2 atom stereocenters. The van der Waals surface area contributed by atoms with Crippen LogP contribution in [0, 0.1) is 11.8 Å². The molecule has 2 aliphatic rings. The van der Waals surface area contributed by atoms with Gasteiger partial charge < -0.3 is 4.74 Å². The van der Waals surface area contributed by atoms with Crippen LogP contribution in [0.25, 0.3) is 10.2 Å². The Hall–Kier alpha value is -2.28. The number of hydrogen-bond acceptors (Lipinski definition) is 6. The molecule has 1 aliphatic heterocycles. The van der Waals surface area contributed by atoms with Crippen molar-refractivity contribution in [3.8, 4) is 0 Å². The van der Waals surface area contributed by atoms with Crippen LogP contribution in [0.4, 0.5) is 0 Å². The minimum Gasteiger partial charge on any atom is -0.458 e. The number of fused-ring (bicyclic) bond motifs is 2. The fourth-order valence-electron chi connectivity index (χ4n) is 3.85. The predicted octanol–water partition coefficient (Wildman–Crippen LogP) is 2.90. The van der Waals surface area contributed by atoms with Crippen molar-refractivity contribution in [2.24, 2.45) is 11.8 Å². The van der Waals surface area contributed by atoms with Crippen LogP contribution in [0.1, 0.15) is 37.1 Å². The smallest absolute Gasteiger partial charge is 0.308 e. The lowest BCUT2D eigenvalue weighted by atomic mass is 9.81. The summed E-state index contributed by atoms with van der Waals surface area (Å²) >= 11 is 1.49. The Morgan fingerprint density at radius 2 is 1.85 bits per heavy atom. The third-order valence-electron chi connectivity index (χ3n) is 5.17. The summed E-state index contributed by atoms with van der Waals surface area (Å²) in [6.07, 6.45) is 3.60. The summed E-state index contributed by atoms with van der Waals surface area (Å²) in [4.78, 5) is 42.5. The maximum atomic E-state index is 12.4. The minimum atomic E-state index is -0.417. The van der Waals surface area contributed by atoms with Gasteiger partial charge in [-0.25, -0.2) is 4.98 Å². The van der Waals surface area contributed by atoms with Gasteiger partial charge in [0.15, 0.2) is 0 Å². The van der Waals surface area contributed by atoms with Crippen molar-refractivity contribution in [2.75, 3.05) is 6.54 Å². The Kier molecular flexibility index (Phi) is 4.72. The molecule has 7 heteroatoms. The number of amides is 2. The molecule has 136 valence electrons. The monoisotopic (exact) mass is 372 g/mol. The van der Waals surface area contributed by atoms with Gasteiger partial charge in [0.05, 0.1) is 28.5 Å². The van der Waals surface area contributed by atoms with Gasteiger partial charge in [0.25, 0.3) is 0 Å². The van der Waals surface area contributed by atoms with Crippen LogP contribution in [0.15, 0.2) is 24.3 Å². The second kappa shape index (κ2) is 7.15. The number of nitrogens with zero attached hydrogens (tertiary/aromatic N) is 2. The number of imide groups is 1. The number of hydrogen-bond donors (Lipinski definition) is 0. The first kappa shape index (κ1) is 17.1. The number of para-hydroxylation sites is 1. The first-order valence-corrected chi connectivity index (χ1v) is 9.80. The summed E-state index contributed by atoms with van der Waals surface area (Å²) in [5, 5.41) is 0.735. The summed E-state index contributed by atoms with van der Waals surface area (Å²) in [5.74, 6) is -0.984. The number of ether oxygens (including phenoxy) is 1. The predicted molar refractivity (Wildman–Crippen MR) is 96.2 cm³/mol. The SMILES string of the molecule is O=C(CCN1C(=O)[C@H]2CCCC[C@H]2C1=O)OCc1nc2ccccc2s1. The molecular weight excluding hydrogens is 352 g/mol. The average Bonchev–Trinajstić information content (AvgIpc) is 3.18. The number of esters is 1. The number of aromatic nitrogens is 1. The normalized spacial score (nSPS) is 22.7.